The third-order valence-electron chi connectivity index (χ3n) is 5.84. The topological polar surface area (TPSA) is 106 Å². The molecule has 160 valence electrons. The lowest BCUT2D eigenvalue weighted by Gasteiger charge is -2.27. The zero-order chi connectivity index (χ0) is 21.7. The van der Waals surface area contributed by atoms with Crippen molar-refractivity contribution < 1.29 is 9.53 Å². The molecule has 0 spiro atoms. The summed E-state index contributed by atoms with van der Waals surface area (Å²) in [7, 11) is 0. The fourth-order valence-electron chi connectivity index (χ4n) is 4.11. The van der Waals surface area contributed by atoms with Crippen LogP contribution >= 0.6 is 15.9 Å². The fraction of sp³-hybridized carbons (Fsp3) is 0.364. The van der Waals surface area contributed by atoms with Gasteiger partial charge in [0.25, 0.3) is 11.5 Å². The monoisotopic (exact) mass is 484 g/mol. The van der Waals surface area contributed by atoms with E-state index in [0.717, 1.165) is 34.3 Å². The molecule has 1 saturated carbocycles. The number of benzene rings is 1. The van der Waals surface area contributed by atoms with Crippen LogP contribution in [0.4, 0.5) is 0 Å². The number of fused-ring (bicyclic) bond motifs is 2. The SMILES string of the molecule is CCn1c(=O)[nH]c(=O)c2c(C(=O)NC3CCOc4ccc(Br)cc43)cc(C3CC3)nc21. The summed E-state index contributed by atoms with van der Waals surface area (Å²) in [5.41, 5.74) is 1.03. The Morgan fingerprint density at radius 3 is 2.84 bits per heavy atom. The van der Waals surface area contributed by atoms with Crippen molar-refractivity contribution >= 4 is 32.9 Å². The molecule has 0 bridgehead atoms. The first kappa shape index (κ1) is 20.0. The normalized spacial score (nSPS) is 17.8. The molecule has 3 aromatic rings. The molecule has 1 unspecified atom stereocenters. The Morgan fingerprint density at radius 2 is 2.10 bits per heavy atom. The second-order valence-electron chi connectivity index (χ2n) is 7.92. The van der Waals surface area contributed by atoms with Gasteiger partial charge in [-0.3, -0.25) is 19.1 Å². The van der Waals surface area contributed by atoms with Gasteiger partial charge in [0.15, 0.2) is 5.65 Å². The summed E-state index contributed by atoms with van der Waals surface area (Å²) in [5, 5.41) is 3.21. The minimum Gasteiger partial charge on any atom is -0.493 e. The number of hydrogen-bond donors (Lipinski definition) is 2. The molecule has 2 aromatic heterocycles. The Kier molecular flexibility index (Phi) is 4.92. The van der Waals surface area contributed by atoms with Crippen molar-refractivity contribution in [3.05, 3.63) is 66.4 Å². The van der Waals surface area contributed by atoms with Crippen LogP contribution in [0.5, 0.6) is 5.75 Å². The maximum absolute atomic E-state index is 13.4. The lowest BCUT2D eigenvalue weighted by molar-refractivity contribution is 0.0926. The third-order valence-corrected chi connectivity index (χ3v) is 6.33. The number of aryl methyl sites for hydroxylation is 1. The van der Waals surface area contributed by atoms with Crippen LogP contribution in [0.2, 0.25) is 0 Å². The lowest BCUT2D eigenvalue weighted by Crippen LogP contribution is -2.35. The first-order chi connectivity index (χ1) is 15.0. The van der Waals surface area contributed by atoms with Gasteiger partial charge in [-0.05, 0) is 44.0 Å². The van der Waals surface area contributed by atoms with Crippen LogP contribution in [0.3, 0.4) is 0 Å². The highest BCUT2D eigenvalue weighted by Crippen LogP contribution is 2.40. The van der Waals surface area contributed by atoms with E-state index in [4.69, 9.17) is 4.74 Å². The molecule has 9 heteroatoms. The van der Waals surface area contributed by atoms with Crippen molar-refractivity contribution in [3.63, 3.8) is 0 Å². The average molecular weight is 485 g/mol. The van der Waals surface area contributed by atoms with Crippen LogP contribution < -0.4 is 21.3 Å². The molecule has 1 aliphatic heterocycles. The van der Waals surface area contributed by atoms with Gasteiger partial charge in [-0.25, -0.2) is 9.78 Å². The fourth-order valence-corrected chi connectivity index (χ4v) is 4.48. The highest BCUT2D eigenvalue weighted by Gasteiger charge is 2.30. The quantitative estimate of drug-likeness (QED) is 0.591. The van der Waals surface area contributed by atoms with Gasteiger partial charge in [0, 0.05) is 34.6 Å². The molecule has 1 aliphatic carbocycles. The summed E-state index contributed by atoms with van der Waals surface area (Å²) in [6, 6.07) is 7.15. The Labute approximate surface area is 185 Å². The number of aromatic nitrogens is 3. The Morgan fingerprint density at radius 1 is 1.29 bits per heavy atom. The van der Waals surface area contributed by atoms with E-state index in [-0.39, 0.29) is 34.5 Å². The van der Waals surface area contributed by atoms with Gasteiger partial charge in [-0.2, -0.15) is 0 Å². The molecular formula is C22H21BrN4O4. The van der Waals surface area contributed by atoms with E-state index in [0.29, 0.717) is 19.6 Å². The van der Waals surface area contributed by atoms with Crippen molar-refractivity contribution in [2.75, 3.05) is 6.61 Å². The molecule has 2 aliphatic rings. The van der Waals surface area contributed by atoms with E-state index >= 15 is 0 Å². The number of carbonyl (C=O) groups is 1. The van der Waals surface area contributed by atoms with E-state index in [1.807, 2.05) is 18.2 Å². The van der Waals surface area contributed by atoms with E-state index in [1.54, 1.807) is 13.0 Å². The smallest absolute Gasteiger partial charge is 0.329 e. The van der Waals surface area contributed by atoms with Crippen molar-refractivity contribution in [1.82, 2.24) is 19.9 Å². The maximum Gasteiger partial charge on any atom is 0.329 e. The van der Waals surface area contributed by atoms with Crippen LogP contribution in [0.1, 0.15) is 59.8 Å². The zero-order valence-corrected chi connectivity index (χ0v) is 18.5. The molecule has 0 radical (unpaired) electrons. The minimum absolute atomic E-state index is 0.143. The number of amides is 1. The molecule has 1 fully saturated rings. The number of carbonyl (C=O) groups excluding carboxylic acids is 1. The second kappa shape index (κ2) is 7.64. The molecule has 8 nitrogen and oxygen atoms in total. The van der Waals surface area contributed by atoms with Crippen molar-refractivity contribution in [3.8, 4) is 5.75 Å². The standard InChI is InChI=1S/C22H21BrN4O4/c1-2-27-19-18(21(29)26-22(27)30)14(10-16(24-19)11-3-4-11)20(28)25-15-7-8-31-17-6-5-12(23)9-13(15)17/h5-6,9-11,15H,2-4,7-8H2,1H3,(H,25,28)(H,26,29,30). The lowest BCUT2D eigenvalue weighted by atomic mass is 9.99. The summed E-state index contributed by atoms with van der Waals surface area (Å²) < 4.78 is 8.01. The minimum atomic E-state index is -0.597. The maximum atomic E-state index is 13.4. The number of nitrogens with zero attached hydrogens (tertiary/aromatic N) is 2. The Bertz CT molecular complexity index is 1330. The number of pyridine rings is 1. The van der Waals surface area contributed by atoms with Crippen LogP contribution in [0, 0.1) is 0 Å². The molecule has 31 heavy (non-hydrogen) atoms. The van der Waals surface area contributed by atoms with Crippen molar-refractivity contribution in [2.45, 2.75) is 44.7 Å². The molecular weight excluding hydrogens is 464 g/mol. The number of halogens is 1. The number of H-pyrrole nitrogens is 1. The highest BCUT2D eigenvalue weighted by atomic mass is 79.9. The predicted octanol–water partition coefficient (Wildman–Crippen LogP) is 3.00. The highest BCUT2D eigenvalue weighted by molar-refractivity contribution is 9.10. The van der Waals surface area contributed by atoms with Gasteiger partial charge in [-0.1, -0.05) is 15.9 Å². The zero-order valence-electron chi connectivity index (χ0n) is 16.9. The molecule has 1 aromatic carbocycles. The van der Waals surface area contributed by atoms with Gasteiger partial charge in [0.05, 0.1) is 23.6 Å². The van der Waals surface area contributed by atoms with Gasteiger partial charge in [0.1, 0.15) is 5.75 Å². The van der Waals surface area contributed by atoms with Crippen LogP contribution in [-0.2, 0) is 6.54 Å². The Balaban J connectivity index is 1.62. The number of nitrogens with one attached hydrogen (secondary N) is 2. The molecule has 5 rings (SSSR count). The first-order valence-electron chi connectivity index (χ1n) is 10.4. The molecule has 0 saturated heterocycles. The molecule has 3 heterocycles. The number of aromatic amines is 1. The van der Waals surface area contributed by atoms with Crippen LogP contribution in [-0.4, -0.2) is 27.0 Å². The van der Waals surface area contributed by atoms with Gasteiger partial charge >= 0.3 is 5.69 Å². The summed E-state index contributed by atoms with van der Waals surface area (Å²) >= 11 is 3.47. The molecule has 2 N–H and O–H groups in total. The Hall–Kier alpha value is -2.94. The first-order valence-corrected chi connectivity index (χ1v) is 11.2. The second-order valence-corrected chi connectivity index (χ2v) is 8.83. The van der Waals surface area contributed by atoms with Crippen molar-refractivity contribution in [2.24, 2.45) is 0 Å². The van der Waals surface area contributed by atoms with Gasteiger partial charge < -0.3 is 10.1 Å². The van der Waals surface area contributed by atoms with E-state index in [9.17, 15) is 14.4 Å². The summed E-state index contributed by atoms with van der Waals surface area (Å²) in [6.07, 6.45) is 2.59. The van der Waals surface area contributed by atoms with E-state index < -0.39 is 11.2 Å². The van der Waals surface area contributed by atoms with Gasteiger partial charge in [-0.15, -0.1) is 0 Å². The van der Waals surface area contributed by atoms with Crippen molar-refractivity contribution in [1.29, 1.82) is 0 Å². The number of hydrogen-bond acceptors (Lipinski definition) is 5. The van der Waals surface area contributed by atoms with Gasteiger partial charge in [0.2, 0.25) is 0 Å². The van der Waals surface area contributed by atoms with Crippen LogP contribution in [0.25, 0.3) is 11.0 Å². The van der Waals surface area contributed by atoms with Crippen LogP contribution in [0.15, 0.2) is 38.3 Å². The molecule has 1 amide bonds. The number of ether oxygens (including phenoxy) is 1. The number of rotatable bonds is 4. The molecule has 1 atom stereocenters. The summed E-state index contributed by atoms with van der Waals surface area (Å²) in [4.78, 5) is 45.4. The predicted molar refractivity (Wildman–Crippen MR) is 119 cm³/mol. The average Bonchev–Trinajstić information content (AvgIpc) is 3.59. The van der Waals surface area contributed by atoms with E-state index in [2.05, 4.69) is 31.2 Å². The summed E-state index contributed by atoms with van der Waals surface area (Å²) in [6.45, 7) is 2.64. The van der Waals surface area contributed by atoms with E-state index in [1.165, 1.54) is 4.57 Å². The largest absolute Gasteiger partial charge is 0.493 e. The summed E-state index contributed by atoms with van der Waals surface area (Å²) in [5.74, 6) is 0.630. The third kappa shape index (κ3) is 3.56.